The summed E-state index contributed by atoms with van der Waals surface area (Å²) in [6.07, 6.45) is 1.58. The number of aryl methyl sites for hydroxylation is 1. The van der Waals surface area contributed by atoms with Crippen LogP contribution in [0.15, 0.2) is 10.5 Å². The van der Waals surface area contributed by atoms with Crippen LogP contribution < -0.4 is 0 Å². The molecule has 1 N–H and O–H groups in total. The van der Waals surface area contributed by atoms with Crippen LogP contribution in [0.1, 0.15) is 49.5 Å². The summed E-state index contributed by atoms with van der Waals surface area (Å²) in [5.74, 6) is 0. The SMILES string of the molecule is Cc1sc(C(O)CCC(C)(C)C)cc1Br. The number of hydrogen-bond acceptors (Lipinski definition) is 2. The molecule has 1 rings (SSSR count). The summed E-state index contributed by atoms with van der Waals surface area (Å²) < 4.78 is 1.11. The van der Waals surface area contributed by atoms with Gasteiger partial charge in [0, 0.05) is 14.2 Å². The predicted octanol–water partition coefficient (Wildman–Crippen LogP) is 4.68. The average Bonchev–Trinajstić information content (AvgIpc) is 2.42. The molecule has 0 saturated carbocycles. The van der Waals surface area contributed by atoms with Crippen LogP contribution in [-0.2, 0) is 0 Å². The molecule has 0 spiro atoms. The Kier molecular flexibility index (Phi) is 4.38. The lowest BCUT2D eigenvalue weighted by Crippen LogP contribution is -2.07. The number of halogens is 1. The molecule has 0 fully saturated rings. The smallest absolute Gasteiger partial charge is 0.0882 e. The summed E-state index contributed by atoms with van der Waals surface area (Å²) in [5.41, 5.74) is 0.296. The molecular formula is C12H19BrOS. The molecule has 0 amide bonds. The fourth-order valence-corrected chi connectivity index (χ4v) is 2.94. The third-order valence-electron chi connectivity index (χ3n) is 2.37. The second-order valence-corrected chi connectivity index (χ2v) is 7.31. The first-order chi connectivity index (χ1) is 6.79. The Morgan fingerprint density at radius 3 is 2.47 bits per heavy atom. The molecule has 1 atom stereocenters. The zero-order chi connectivity index (χ0) is 11.6. The Bertz CT molecular complexity index is 305. The highest BCUT2D eigenvalue weighted by atomic mass is 79.9. The normalized spacial score (nSPS) is 14.3. The molecular weight excluding hydrogens is 272 g/mol. The van der Waals surface area contributed by atoms with Gasteiger partial charge in [-0.15, -0.1) is 11.3 Å². The van der Waals surface area contributed by atoms with Gasteiger partial charge in [-0.3, -0.25) is 0 Å². The Hall–Kier alpha value is 0.140. The van der Waals surface area contributed by atoms with Crippen molar-refractivity contribution in [3.05, 3.63) is 20.3 Å². The van der Waals surface area contributed by atoms with Gasteiger partial charge in [0.15, 0.2) is 0 Å². The lowest BCUT2D eigenvalue weighted by molar-refractivity contribution is 0.151. The number of hydrogen-bond donors (Lipinski definition) is 1. The summed E-state index contributed by atoms with van der Waals surface area (Å²) in [7, 11) is 0. The van der Waals surface area contributed by atoms with Gasteiger partial charge >= 0.3 is 0 Å². The third kappa shape index (κ3) is 4.25. The highest BCUT2D eigenvalue weighted by Crippen LogP contribution is 2.34. The van der Waals surface area contributed by atoms with E-state index in [0.29, 0.717) is 5.41 Å². The zero-order valence-electron chi connectivity index (χ0n) is 9.80. The van der Waals surface area contributed by atoms with Crippen LogP contribution in [-0.4, -0.2) is 5.11 Å². The van der Waals surface area contributed by atoms with Gasteiger partial charge in [0.2, 0.25) is 0 Å². The molecule has 1 aromatic heterocycles. The molecule has 15 heavy (non-hydrogen) atoms. The molecule has 0 aliphatic carbocycles. The van der Waals surface area contributed by atoms with Gasteiger partial charge in [-0.1, -0.05) is 20.8 Å². The van der Waals surface area contributed by atoms with Gasteiger partial charge in [0.05, 0.1) is 6.10 Å². The lowest BCUT2D eigenvalue weighted by Gasteiger charge is -2.19. The molecule has 0 aliphatic heterocycles. The van der Waals surface area contributed by atoms with Gasteiger partial charge in [-0.05, 0) is 47.2 Å². The molecule has 1 nitrogen and oxygen atoms in total. The highest BCUT2D eigenvalue weighted by molar-refractivity contribution is 9.10. The minimum absolute atomic E-state index is 0.296. The van der Waals surface area contributed by atoms with Crippen molar-refractivity contribution in [2.45, 2.75) is 46.6 Å². The first kappa shape index (κ1) is 13.2. The topological polar surface area (TPSA) is 20.2 Å². The largest absolute Gasteiger partial charge is 0.388 e. The standard InChI is InChI=1S/C12H19BrOS/c1-8-9(13)7-11(15-8)10(14)5-6-12(2,3)4/h7,10,14H,5-6H2,1-4H3. The van der Waals surface area contributed by atoms with Gasteiger partial charge in [-0.2, -0.15) is 0 Å². The van der Waals surface area contributed by atoms with Gasteiger partial charge in [0.25, 0.3) is 0 Å². The molecule has 0 aromatic carbocycles. The Morgan fingerprint density at radius 1 is 1.47 bits per heavy atom. The molecule has 0 radical (unpaired) electrons. The summed E-state index contributed by atoms with van der Waals surface area (Å²) in [6.45, 7) is 8.68. The zero-order valence-corrected chi connectivity index (χ0v) is 12.2. The van der Waals surface area contributed by atoms with E-state index in [1.165, 1.54) is 4.88 Å². The quantitative estimate of drug-likeness (QED) is 0.857. The number of aliphatic hydroxyl groups is 1. The van der Waals surface area contributed by atoms with Crippen molar-refractivity contribution in [1.82, 2.24) is 0 Å². The minimum atomic E-state index is -0.306. The van der Waals surface area contributed by atoms with Crippen LogP contribution in [0.25, 0.3) is 0 Å². The van der Waals surface area contributed by atoms with Gasteiger partial charge in [-0.25, -0.2) is 0 Å². The van der Waals surface area contributed by atoms with Crippen LogP contribution >= 0.6 is 27.3 Å². The van der Waals surface area contributed by atoms with Crippen LogP contribution in [0.3, 0.4) is 0 Å². The van der Waals surface area contributed by atoms with Crippen molar-refractivity contribution >= 4 is 27.3 Å². The van der Waals surface area contributed by atoms with Crippen molar-refractivity contribution in [3.63, 3.8) is 0 Å². The molecule has 0 aliphatic rings. The van der Waals surface area contributed by atoms with Crippen molar-refractivity contribution in [3.8, 4) is 0 Å². The van der Waals surface area contributed by atoms with Crippen molar-refractivity contribution in [1.29, 1.82) is 0 Å². The maximum absolute atomic E-state index is 10.0. The predicted molar refractivity (Wildman–Crippen MR) is 70.4 cm³/mol. The molecule has 3 heteroatoms. The van der Waals surface area contributed by atoms with E-state index in [9.17, 15) is 5.11 Å². The number of rotatable bonds is 3. The summed E-state index contributed by atoms with van der Waals surface area (Å²) in [6, 6.07) is 2.04. The van der Waals surface area contributed by atoms with E-state index < -0.39 is 0 Å². The van der Waals surface area contributed by atoms with E-state index in [1.807, 2.05) is 6.07 Å². The highest BCUT2D eigenvalue weighted by Gasteiger charge is 2.16. The summed E-state index contributed by atoms with van der Waals surface area (Å²) >= 11 is 5.15. The molecule has 0 bridgehead atoms. The van der Waals surface area contributed by atoms with Crippen molar-refractivity contribution < 1.29 is 5.11 Å². The minimum Gasteiger partial charge on any atom is -0.388 e. The number of aliphatic hydroxyl groups excluding tert-OH is 1. The van der Waals surface area contributed by atoms with E-state index >= 15 is 0 Å². The number of thiophene rings is 1. The third-order valence-corrected chi connectivity index (χ3v) is 4.61. The first-order valence-electron chi connectivity index (χ1n) is 5.23. The molecule has 1 heterocycles. The Balaban J connectivity index is 2.58. The van der Waals surface area contributed by atoms with Gasteiger partial charge < -0.3 is 5.11 Å². The molecule has 1 unspecified atom stereocenters. The monoisotopic (exact) mass is 290 g/mol. The van der Waals surface area contributed by atoms with E-state index in [0.717, 1.165) is 22.2 Å². The lowest BCUT2D eigenvalue weighted by atomic mass is 9.89. The van der Waals surface area contributed by atoms with Crippen LogP contribution in [0, 0.1) is 12.3 Å². The Morgan fingerprint density at radius 2 is 2.07 bits per heavy atom. The van der Waals surface area contributed by atoms with Crippen molar-refractivity contribution in [2.75, 3.05) is 0 Å². The molecule has 0 saturated heterocycles. The summed E-state index contributed by atoms with van der Waals surface area (Å²) in [4.78, 5) is 2.31. The fourth-order valence-electron chi connectivity index (χ4n) is 1.36. The average molecular weight is 291 g/mol. The fraction of sp³-hybridized carbons (Fsp3) is 0.667. The van der Waals surface area contributed by atoms with Crippen molar-refractivity contribution in [2.24, 2.45) is 5.41 Å². The van der Waals surface area contributed by atoms with Gasteiger partial charge in [0.1, 0.15) is 0 Å². The first-order valence-corrected chi connectivity index (χ1v) is 6.84. The van der Waals surface area contributed by atoms with E-state index in [2.05, 4.69) is 43.6 Å². The summed E-state index contributed by atoms with van der Waals surface area (Å²) in [5, 5.41) is 10.0. The van der Waals surface area contributed by atoms with E-state index in [-0.39, 0.29) is 6.10 Å². The van der Waals surface area contributed by atoms with Crippen LogP contribution in [0.4, 0.5) is 0 Å². The van der Waals surface area contributed by atoms with Crippen LogP contribution in [0.2, 0.25) is 0 Å². The molecule has 1 aromatic rings. The Labute approximate surface area is 105 Å². The van der Waals surface area contributed by atoms with E-state index in [4.69, 9.17) is 0 Å². The molecule has 86 valence electrons. The second kappa shape index (κ2) is 4.98. The van der Waals surface area contributed by atoms with E-state index in [1.54, 1.807) is 11.3 Å². The van der Waals surface area contributed by atoms with Crippen LogP contribution in [0.5, 0.6) is 0 Å². The maximum Gasteiger partial charge on any atom is 0.0882 e. The maximum atomic E-state index is 10.0. The second-order valence-electron chi connectivity index (χ2n) is 5.17.